The van der Waals surface area contributed by atoms with E-state index in [-0.39, 0.29) is 11.6 Å². The molecule has 2 heterocycles. The highest BCUT2D eigenvalue weighted by Crippen LogP contribution is 2.28. The van der Waals surface area contributed by atoms with E-state index in [1.54, 1.807) is 36.3 Å². The summed E-state index contributed by atoms with van der Waals surface area (Å²) in [4.78, 5) is 28.7. The van der Waals surface area contributed by atoms with Crippen LogP contribution >= 0.6 is 11.6 Å². The van der Waals surface area contributed by atoms with Gasteiger partial charge in [-0.25, -0.2) is 4.79 Å². The summed E-state index contributed by atoms with van der Waals surface area (Å²) in [6.07, 6.45) is 0. The van der Waals surface area contributed by atoms with Crippen LogP contribution in [0.2, 0.25) is 5.02 Å². The third-order valence-corrected chi connectivity index (χ3v) is 5.32. The zero-order valence-corrected chi connectivity index (χ0v) is 17.7. The minimum Gasteiger partial charge on any atom is -0.495 e. The maximum atomic E-state index is 12.7. The zero-order valence-electron chi connectivity index (χ0n) is 17.0. The van der Waals surface area contributed by atoms with E-state index in [0.717, 1.165) is 0 Å². The number of carbonyl (C=O) groups is 1. The van der Waals surface area contributed by atoms with Crippen LogP contribution in [0.25, 0.3) is 5.69 Å². The molecule has 2 aromatic carbocycles. The largest absolute Gasteiger partial charge is 0.495 e. The first-order chi connectivity index (χ1) is 15.0. The molecule has 8 nitrogen and oxygen atoms in total. The van der Waals surface area contributed by atoms with Crippen molar-refractivity contribution in [2.45, 2.75) is 0 Å². The Morgan fingerprint density at radius 1 is 1.03 bits per heavy atom. The second-order valence-corrected chi connectivity index (χ2v) is 7.46. The summed E-state index contributed by atoms with van der Waals surface area (Å²) in [6.45, 7) is 2.22. The third-order valence-electron chi connectivity index (χ3n) is 5.08. The summed E-state index contributed by atoms with van der Waals surface area (Å²) in [5.74, 6) is 1.24. The standard InChI is InChI=1S/C22H22ClN5O3/c1-31-19-8-7-16(23)15-18(19)24-22(30)27-13-11-26(12-14-27)20-9-10-21(29)28(25-20)17-5-3-2-4-6-17/h2-10,15H,11-14H2,1H3,(H,24,30). The number of carbonyl (C=O) groups excluding carboxylic acids is 1. The summed E-state index contributed by atoms with van der Waals surface area (Å²) in [5.41, 5.74) is 1.05. The number of anilines is 2. The van der Waals surface area contributed by atoms with Gasteiger partial charge in [-0.15, -0.1) is 5.10 Å². The summed E-state index contributed by atoms with van der Waals surface area (Å²) in [6, 6.07) is 17.4. The van der Waals surface area contributed by atoms with Crippen molar-refractivity contribution in [3.8, 4) is 11.4 Å². The molecule has 0 atom stereocenters. The van der Waals surface area contributed by atoms with Gasteiger partial charge in [0.1, 0.15) is 11.6 Å². The molecule has 9 heteroatoms. The molecule has 0 saturated carbocycles. The summed E-state index contributed by atoms with van der Waals surface area (Å²) in [5, 5.41) is 7.89. The molecule has 4 rings (SSSR count). The van der Waals surface area contributed by atoms with Crippen LogP contribution in [-0.4, -0.2) is 54.0 Å². The molecule has 31 heavy (non-hydrogen) atoms. The predicted octanol–water partition coefficient (Wildman–Crippen LogP) is 3.25. The van der Waals surface area contributed by atoms with Crippen LogP contribution in [0, 0.1) is 0 Å². The number of benzene rings is 2. The monoisotopic (exact) mass is 439 g/mol. The Labute approximate surface area is 184 Å². The lowest BCUT2D eigenvalue weighted by Gasteiger charge is -2.35. The number of nitrogens with zero attached hydrogens (tertiary/aromatic N) is 4. The first-order valence-electron chi connectivity index (χ1n) is 9.85. The first kappa shape index (κ1) is 20.7. The van der Waals surface area contributed by atoms with Gasteiger partial charge >= 0.3 is 6.03 Å². The Balaban J connectivity index is 1.43. The van der Waals surface area contributed by atoms with E-state index in [1.807, 2.05) is 30.3 Å². The van der Waals surface area contributed by atoms with Crippen molar-refractivity contribution < 1.29 is 9.53 Å². The van der Waals surface area contributed by atoms with Crippen LogP contribution in [-0.2, 0) is 0 Å². The fourth-order valence-corrected chi connectivity index (χ4v) is 3.61. The highest BCUT2D eigenvalue weighted by molar-refractivity contribution is 6.31. The molecule has 1 saturated heterocycles. The Bertz CT molecular complexity index is 1130. The lowest BCUT2D eigenvalue weighted by atomic mass is 10.3. The molecular weight excluding hydrogens is 418 g/mol. The Morgan fingerprint density at radius 2 is 1.77 bits per heavy atom. The molecule has 0 radical (unpaired) electrons. The van der Waals surface area contributed by atoms with Gasteiger partial charge in [-0.3, -0.25) is 4.79 Å². The molecule has 1 aliphatic heterocycles. The van der Waals surface area contributed by atoms with Crippen LogP contribution in [0.1, 0.15) is 0 Å². The average molecular weight is 440 g/mol. The number of amides is 2. The van der Waals surface area contributed by atoms with Gasteiger partial charge in [0.25, 0.3) is 5.56 Å². The van der Waals surface area contributed by atoms with Gasteiger partial charge in [0.15, 0.2) is 0 Å². The van der Waals surface area contributed by atoms with Crippen LogP contribution in [0.15, 0.2) is 65.5 Å². The minimum absolute atomic E-state index is 0.191. The minimum atomic E-state index is -0.220. The van der Waals surface area contributed by atoms with E-state index in [0.29, 0.717) is 54.1 Å². The van der Waals surface area contributed by atoms with Crippen molar-refractivity contribution in [1.82, 2.24) is 14.7 Å². The van der Waals surface area contributed by atoms with Gasteiger partial charge in [0.2, 0.25) is 0 Å². The number of methoxy groups -OCH3 is 1. The maximum Gasteiger partial charge on any atom is 0.322 e. The molecule has 0 spiro atoms. The van der Waals surface area contributed by atoms with Gasteiger partial charge in [-0.2, -0.15) is 4.68 Å². The highest BCUT2D eigenvalue weighted by atomic mass is 35.5. The molecule has 0 unspecified atom stereocenters. The lowest BCUT2D eigenvalue weighted by molar-refractivity contribution is 0.208. The molecule has 1 aliphatic rings. The molecule has 0 aliphatic carbocycles. The Morgan fingerprint density at radius 3 is 2.48 bits per heavy atom. The van der Waals surface area contributed by atoms with E-state index in [9.17, 15) is 9.59 Å². The number of rotatable bonds is 4. The number of halogens is 1. The predicted molar refractivity (Wildman–Crippen MR) is 121 cm³/mol. The topological polar surface area (TPSA) is 79.7 Å². The van der Waals surface area contributed by atoms with Gasteiger partial charge in [-0.1, -0.05) is 29.8 Å². The summed E-state index contributed by atoms with van der Waals surface area (Å²) in [7, 11) is 1.54. The highest BCUT2D eigenvalue weighted by Gasteiger charge is 2.23. The molecule has 3 aromatic rings. The van der Waals surface area contributed by atoms with Crippen LogP contribution in [0.5, 0.6) is 5.75 Å². The second kappa shape index (κ2) is 9.09. The smallest absolute Gasteiger partial charge is 0.322 e. The van der Waals surface area contributed by atoms with E-state index in [4.69, 9.17) is 16.3 Å². The normalized spacial score (nSPS) is 13.7. The number of para-hydroxylation sites is 1. The number of hydrogen-bond donors (Lipinski definition) is 1. The van der Waals surface area contributed by atoms with Crippen LogP contribution in [0.4, 0.5) is 16.3 Å². The van der Waals surface area contributed by atoms with Gasteiger partial charge in [0.05, 0.1) is 18.5 Å². The average Bonchev–Trinajstić information content (AvgIpc) is 2.80. The van der Waals surface area contributed by atoms with E-state index in [1.165, 1.54) is 10.7 Å². The van der Waals surface area contributed by atoms with Gasteiger partial charge < -0.3 is 19.9 Å². The molecule has 0 bridgehead atoms. The SMILES string of the molecule is COc1ccc(Cl)cc1NC(=O)N1CCN(c2ccc(=O)n(-c3ccccc3)n2)CC1. The van der Waals surface area contributed by atoms with Crippen LogP contribution < -0.4 is 20.5 Å². The number of piperazine rings is 1. The fourth-order valence-electron chi connectivity index (χ4n) is 3.44. The molecule has 2 amide bonds. The lowest BCUT2D eigenvalue weighted by Crippen LogP contribution is -2.50. The summed E-state index contributed by atoms with van der Waals surface area (Å²) >= 11 is 6.04. The van der Waals surface area contributed by atoms with Crippen molar-refractivity contribution >= 4 is 29.1 Å². The number of nitrogens with one attached hydrogen (secondary N) is 1. The quantitative estimate of drug-likeness (QED) is 0.675. The first-order valence-corrected chi connectivity index (χ1v) is 10.2. The molecular formula is C22H22ClN5O3. The number of aromatic nitrogens is 2. The summed E-state index contributed by atoms with van der Waals surface area (Å²) < 4.78 is 6.67. The Kier molecular flexibility index (Phi) is 6.08. The maximum absolute atomic E-state index is 12.7. The van der Waals surface area contributed by atoms with E-state index < -0.39 is 0 Å². The van der Waals surface area contributed by atoms with E-state index in [2.05, 4.69) is 15.3 Å². The number of hydrogen-bond acceptors (Lipinski definition) is 5. The van der Waals surface area contributed by atoms with Crippen molar-refractivity contribution in [2.24, 2.45) is 0 Å². The molecule has 1 fully saturated rings. The number of ether oxygens (including phenoxy) is 1. The zero-order chi connectivity index (χ0) is 21.8. The van der Waals surface area contributed by atoms with Crippen molar-refractivity contribution in [3.63, 3.8) is 0 Å². The second-order valence-electron chi connectivity index (χ2n) is 7.03. The Hall–Kier alpha value is -3.52. The molecule has 160 valence electrons. The van der Waals surface area contributed by atoms with E-state index >= 15 is 0 Å². The van der Waals surface area contributed by atoms with Crippen molar-refractivity contribution in [3.05, 3.63) is 76.0 Å². The van der Waals surface area contributed by atoms with Gasteiger partial charge in [0, 0.05) is 37.3 Å². The molecule has 1 N–H and O–H groups in total. The third kappa shape index (κ3) is 4.64. The van der Waals surface area contributed by atoms with Crippen molar-refractivity contribution in [2.75, 3.05) is 43.5 Å². The molecule has 1 aromatic heterocycles. The number of urea groups is 1. The fraction of sp³-hybridized carbons (Fsp3) is 0.227. The van der Waals surface area contributed by atoms with Crippen LogP contribution in [0.3, 0.4) is 0 Å². The van der Waals surface area contributed by atoms with Gasteiger partial charge in [-0.05, 0) is 36.4 Å². The van der Waals surface area contributed by atoms with Crippen molar-refractivity contribution in [1.29, 1.82) is 0 Å².